The molecule has 1 unspecified atom stereocenters. The van der Waals surface area contributed by atoms with Gasteiger partial charge in [0.2, 0.25) is 11.7 Å². The number of piperidine rings is 1. The first-order valence-corrected chi connectivity index (χ1v) is 10.8. The van der Waals surface area contributed by atoms with Crippen LogP contribution in [0.1, 0.15) is 24.7 Å². The predicted molar refractivity (Wildman–Crippen MR) is 121 cm³/mol. The van der Waals surface area contributed by atoms with Gasteiger partial charge in [-0.2, -0.15) is 10.1 Å². The molecule has 0 radical (unpaired) electrons. The molecule has 0 spiro atoms. The fourth-order valence-corrected chi connectivity index (χ4v) is 4.33. The van der Waals surface area contributed by atoms with Crippen LogP contribution in [-0.2, 0) is 0 Å². The van der Waals surface area contributed by atoms with Crippen molar-refractivity contribution in [1.29, 1.82) is 0 Å². The maximum absolute atomic E-state index is 13.2. The maximum atomic E-state index is 13.2. The average Bonchev–Trinajstić information content (AvgIpc) is 3.53. The normalized spacial score (nSPS) is 16.4. The van der Waals surface area contributed by atoms with E-state index in [2.05, 4.69) is 30.1 Å². The molecule has 5 aromatic rings. The van der Waals surface area contributed by atoms with Gasteiger partial charge in [-0.05, 0) is 49.2 Å². The minimum absolute atomic E-state index is 0.0784. The monoisotopic (exact) mass is 441 g/mol. The van der Waals surface area contributed by atoms with Crippen molar-refractivity contribution in [3.63, 3.8) is 0 Å². The Morgan fingerprint density at radius 3 is 2.70 bits per heavy atom. The van der Waals surface area contributed by atoms with Gasteiger partial charge in [0.1, 0.15) is 18.0 Å². The summed E-state index contributed by atoms with van der Waals surface area (Å²) in [6, 6.07) is 16.0. The Bertz CT molecular complexity index is 1400. The van der Waals surface area contributed by atoms with Crippen LogP contribution in [0.4, 0.5) is 10.2 Å². The number of hydrogen-bond donors (Lipinski definition) is 0. The topological polar surface area (TPSA) is 85.8 Å². The third-order valence-electron chi connectivity index (χ3n) is 5.96. The van der Waals surface area contributed by atoms with Crippen LogP contribution in [0.2, 0.25) is 0 Å². The molecule has 0 amide bonds. The Morgan fingerprint density at radius 2 is 1.85 bits per heavy atom. The molecular weight excluding hydrogens is 421 g/mol. The molecule has 33 heavy (non-hydrogen) atoms. The lowest BCUT2D eigenvalue weighted by Crippen LogP contribution is -2.35. The highest BCUT2D eigenvalue weighted by atomic mass is 19.1. The van der Waals surface area contributed by atoms with E-state index in [1.165, 1.54) is 12.1 Å². The van der Waals surface area contributed by atoms with Gasteiger partial charge in [0.25, 0.3) is 0 Å². The first-order chi connectivity index (χ1) is 16.3. The Labute approximate surface area is 188 Å². The number of anilines is 1. The van der Waals surface area contributed by atoms with Crippen LogP contribution >= 0.6 is 0 Å². The second-order valence-electron chi connectivity index (χ2n) is 8.07. The second-order valence-corrected chi connectivity index (χ2v) is 8.07. The summed E-state index contributed by atoms with van der Waals surface area (Å²) >= 11 is 0. The van der Waals surface area contributed by atoms with E-state index >= 15 is 0 Å². The number of aromatic nitrogens is 6. The zero-order valence-electron chi connectivity index (χ0n) is 17.7. The summed E-state index contributed by atoms with van der Waals surface area (Å²) in [6.07, 6.45) is 5.32. The number of fused-ring (bicyclic) bond motifs is 1. The smallest absolute Gasteiger partial charge is 0.231 e. The molecule has 0 N–H and O–H groups in total. The van der Waals surface area contributed by atoms with Gasteiger partial charge >= 0.3 is 0 Å². The predicted octanol–water partition coefficient (Wildman–Crippen LogP) is 4.39. The van der Waals surface area contributed by atoms with Gasteiger partial charge in [-0.1, -0.05) is 23.4 Å². The van der Waals surface area contributed by atoms with E-state index in [0.29, 0.717) is 18.3 Å². The van der Waals surface area contributed by atoms with Crippen molar-refractivity contribution >= 4 is 16.9 Å². The fourth-order valence-electron chi connectivity index (χ4n) is 4.33. The van der Waals surface area contributed by atoms with Gasteiger partial charge in [0.15, 0.2) is 5.65 Å². The molecule has 0 aliphatic carbocycles. The van der Waals surface area contributed by atoms with Gasteiger partial charge < -0.3 is 9.42 Å². The molecular formula is C24H20FN7O. The highest BCUT2D eigenvalue weighted by Gasteiger charge is 2.28. The molecule has 9 heteroatoms. The van der Waals surface area contributed by atoms with E-state index in [1.54, 1.807) is 18.5 Å². The molecule has 0 saturated carbocycles. The molecule has 6 rings (SSSR count). The van der Waals surface area contributed by atoms with Gasteiger partial charge in [0, 0.05) is 18.7 Å². The lowest BCUT2D eigenvalue weighted by molar-refractivity contribution is 0.333. The largest absolute Gasteiger partial charge is 0.355 e. The summed E-state index contributed by atoms with van der Waals surface area (Å²) in [5, 5.41) is 9.57. The molecule has 1 aliphatic rings. The van der Waals surface area contributed by atoms with E-state index in [1.807, 2.05) is 41.2 Å². The number of rotatable bonds is 4. The van der Waals surface area contributed by atoms with Crippen molar-refractivity contribution in [1.82, 2.24) is 29.9 Å². The van der Waals surface area contributed by atoms with Crippen molar-refractivity contribution in [2.45, 2.75) is 18.8 Å². The van der Waals surface area contributed by atoms with Gasteiger partial charge in [-0.25, -0.2) is 19.0 Å². The molecule has 3 aromatic heterocycles. The van der Waals surface area contributed by atoms with Crippen LogP contribution < -0.4 is 4.90 Å². The standard InChI is InChI=1S/C24H20FN7O/c25-18-10-8-16(9-11-18)21-29-24(33-30-21)17-5-4-12-31(14-17)22-20-13-28-32(23(20)27-15-26-22)19-6-2-1-3-7-19/h1-3,6-11,13,15,17H,4-5,12,14H2. The van der Waals surface area contributed by atoms with Crippen molar-refractivity contribution in [3.8, 4) is 17.1 Å². The number of para-hydroxylation sites is 1. The first kappa shape index (κ1) is 19.5. The van der Waals surface area contributed by atoms with E-state index in [-0.39, 0.29) is 11.7 Å². The summed E-state index contributed by atoms with van der Waals surface area (Å²) in [5.41, 5.74) is 2.45. The van der Waals surface area contributed by atoms with Gasteiger partial charge in [0.05, 0.1) is 23.2 Å². The summed E-state index contributed by atoms with van der Waals surface area (Å²) in [6.45, 7) is 1.58. The highest BCUT2D eigenvalue weighted by Crippen LogP contribution is 2.32. The molecule has 4 heterocycles. The molecule has 1 saturated heterocycles. The lowest BCUT2D eigenvalue weighted by atomic mass is 9.98. The Kier molecular flexibility index (Phi) is 4.79. The van der Waals surface area contributed by atoms with Gasteiger partial charge in [-0.15, -0.1) is 0 Å². The van der Waals surface area contributed by atoms with Crippen LogP contribution in [-0.4, -0.2) is 43.0 Å². The third kappa shape index (κ3) is 3.61. The second kappa shape index (κ2) is 8.09. The van der Waals surface area contributed by atoms with Crippen molar-refractivity contribution in [2.24, 2.45) is 0 Å². The number of halogens is 1. The summed E-state index contributed by atoms with van der Waals surface area (Å²) in [4.78, 5) is 15.9. The summed E-state index contributed by atoms with van der Waals surface area (Å²) in [5.74, 6) is 1.69. The zero-order valence-corrected chi connectivity index (χ0v) is 17.7. The Morgan fingerprint density at radius 1 is 1.00 bits per heavy atom. The van der Waals surface area contributed by atoms with Crippen LogP contribution in [0.25, 0.3) is 28.1 Å². The maximum Gasteiger partial charge on any atom is 0.231 e. The summed E-state index contributed by atoms with van der Waals surface area (Å²) in [7, 11) is 0. The van der Waals surface area contributed by atoms with Crippen LogP contribution in [0, 0.1) is 5.82 Å². The van der Waals surface area contributed by atoms with Gasteiger partial charge in [-0.3, -0.25) is 0 Å². The first-order valence-electron chi connectivity index (χ1n) is 10.8. The molecule has 1 aliphatic heterocycles. The van der Waals surface area contributed by atoms with Crippen LogP contribution in [0.5, 0.6) is 0 Å². The molecule has 0 bridgehead atoms. The molecule has 1 fully saturated rings. The molecule has 1 atom stereocenters. The number of hydrogen-bond acceptors (Lipinski definition) is 7. The van der Waals surface area contributed by atoms with Crippen molar-refractivity contribution in [2.75, 3.05) is 18.0 Å². The molecule has 8 nitrogen and oxygen atoms in total. The number of nitrogens with zero attached hydrogens (tertiary/aromatic N) is 7. The minimum atomic E-state index is -0.294. The molecule has 2 aromatic carbocycles. The van der Waals surface area contributed by atoms with Crippen LogP contribution in [0.3, 0.4) is 0 Å². The summed E-state index contributed by atoms with van der Waals surface area (Å²) < 4.78 is 20.6. The highest BCUT2D eigenvalue weighted by molar-refractivity contribution is 5.87. The molecule has 164 valence electrons. The SMILES string of the molecule is Fc1ccc(-c2noc(C3CCCN(c4ncnc5c4cnn5-c4ccccc4)C3)n2)cc1. The van der Waals surface area contributed by atoms with Crippen LogP contribution in [0.15, 0.2) is 71.6 Å². The quantitative estimate of drug-likeness (QED) is 0.409. The van der Waals surface area contributed by atoms with E-state index < -0.39 is 0 Å². The zero-order chi connectivity index (χ0) is 22.2. The van der Waals surface area contributed by atoms with E-state index in [4.69, 9.17) is 4.52 Å². The lowest BCUT2D eigenvalue weighted by Gasteiger charge is -2.32. The van der Waals surface area contributed by atoms with Crippen molar-refractivity contribution in [3.05, 3.63) is 78.8 Å². The Hall–Kier alpha value is -4.14. The fraction of sp³-hybridized carbons (Fsp3) is 0.208. The van der Waals surface area contributed by atoms with E-state index in [9.17, 15) is 4.39 Å². The number of benzene rings is 2. The van der Waals surface area contributed by atoms with Crippen molar-refractivity contribution < 1.29 is 8.91 Å². The Balaban J connectivity index is 1.28. The third-order valence-corrected chi connectivity index (χ3v) is 5.96. The average molecular weight is 441 g/mol. The minimum Gasteiger partial charge on any atom is -0.355 e. The van der Waals surface area contributed by atoms with E-state index in [0.717, 1.165) is 47.5 Å².